The minimum atomic E-state index is -3.68. The highest BCUT2D eigenvalue weighted by atomic mass is 35.5. The molecule has 1 N–H and O–H groups in total. The van der Waals surface area contributed by atoms with Gasteiger partial charge in [-0.15, -0.1) is 0 Å². The maximum atomic E-state index is 12.2. The summed E-state index contributed by atoms with van der Waals surface area (Å²) < 4.78 is 26.9. The van der Waals surface area contributed by atoms with E-state index in [2.05, 4.69) is 4.72 Å². The normalized spacial score (nSPS) is 11.5. The largest absolute Gasteiger partial charge is 0.280 e. The molecule has 4 nitrogen and oxygen atoms in total. The van der Waals surface area contributed by atoms with E-state index in [9.17, 15) is 13.2 Å². The summed E-state index contributed by atoms with van der Waals surface area (Å²) in [5.41, 5.74) is 1.08. The second-order valence-corrected chi connectivity index (χ2v) is 6.81. The maximum Gasteiger partial charge on any atom is 0.261 e. The van der Waals surface area contributed by atoms with Crippen molar-refractivity contribution in [3.05, 3.63) is 65.2 Å². The predicted molar refractivity (Wildman–Crippen MR) is 88.6 cm³/mol. The van der Waals surface area contributed by atoms with Crippen molar-refractivity contribution in [2.24, 2.45) is 0 Å². The van der Waals surface area contributed by atoms with E-state index in [4.69, 9.17) is 23.2 Å². The molecule has 7 heteroatoms. The van der Waals surface area contributed by atoms with Gasteiger partial charge in [-0.25, -0.2) is 8.42 Å². The molecular formula is C15H11Cl2NO3S. The number of carbonyl (C=O) groups is 1. The summed E-state index contributed by atoms with van der Waals surface area (Å²) in [6, 6.07) is 12.4. The van der Waals surface area contributed by atoms with Crippen LogP contribution in [-0.4, -0.2) is 13.7 Å². The van der Waals surface area contributed by atoms with Crippen LogP contribution < -0.4 is 4.72 Å². The first-order chi connectivity index (χ1) is 10.4. The number of sulfonamides is 1. The smallest absolute Gasteiger partial charge is 0.261 e. The third-order valence-corrected chi connectivity index (χ3v) is 4.47. The quantitative estimate of drug-likeness (QED) is 0.652. The van der Waals surface area contributed by atoms with E-state index in [0.717, 1.165) is 0 Å². The molecule has 0 bridgehead atoms. The number of allylic oxidation sites excluding steroid dienone is 1. The molecule has 114 valence electrons. The van der Waals surface area contributed by atoms with E-state index in [1.165, 1.54) is 24.3 Å². The molecule has 0 aliphatic rings. The van der Waals surface area contributed by atoms with Crippen LogP contribution in [0.15, 0.2) is 59.5 Å². The Labute approximate surface area is 138 Å². The van der Waals surface area contributed by atoms with Crippen molar-refractivity contribution in [2.45, 2.75) is 4.90 Å². The second-order valence-electron chi connectivity index (χ2n) is 4.32. The minimum Gasteiger partial charge on any atom is -0.280 e. The molecule has 0 saturated heterocycles. The molecule has 0 unspecified atom stereocenters. The van der Waals surface area contributed by atoms with Crippen LogP contribution in [0.3, 0.4) is 0 Å². The molecule has 22 heavy (non-hydrogen) atoms. The summed E-state index contributed by atoms with van der Waals surface area (Å²) in [5.74, 6) is 0. The van der Waals surface area contributed by atoms with Gasteiger partial charge in [-0.3, -0.25) is 9.52 Å². The topological polar surface area (TPSA) is 63.2 Å². The number of anilines is 1. The van der Waals surface area contributed by atoms with Crippen LogP contribution in [0.1, 0.15) is 5.56 Å². The van der Waals surface area contributed by atoms with E-state index in [-0.39, 0.29) is 4.90 Å². The summed E-state index contributed by atoms with van der Waals surface area (Å²) in [6.07, 6.45) is 2.69. The molecule has 0 aliphatic carbocycles. The number of carbonyl (C=O) groups excluding carboxylic acids is 1. The molecule has 0 saturated carbocycles. The first kappa shape index (κ1) is 16.5. The van der Waals surface area contributed by atoms with Crippen molar-refractivity contribution < 1.29 is 13.2 Å². The van der Waals surface area contributed by atoms with Gasteiger partial charge in [0.15, 0.2) is 0 Å². The molecule has 0 fully saturated rings. The van der Waals surface area contributed by atoms with Gasteiger partial charge in [0, 0.05) is 10.7 Å². The van der Waals surface area contributed by atoms with Gasteiger partial charge < -0.3 is 0 Å². The number of hydrogen-bond acceptors (Lipinski definition) is 3. The van der Waals surface area contributed by atoms with Crippen molar-refractivity contribution in [1.82, 2.24) is 0 Å². The zero-order valence-corrected chi connectivity index (χ0v) is 13.5. The summed E-state index contributed by atoms with van der Waals surface area (Å²) in [6.45, 7) is 0. The van der Waals surface area contributed by atoms with Gasteiger partial charge in [-0.05, 0) is 59.6 Å². The van der Waals surface area contributed by atoms with Crippen LogP contribution in [0, 0.1) is 0 Å². The first-order valence-corrected chi connectivity index (χ1v) is 8.37. The fourth-order valence-electron chi connectivity index (χ4n) is 1.65. The van der Waals surface area contributed by atoms with Crippen molar-refractivity contribution in [1.29, 1.82) is 0 Å². The van der Waals surface area contributed by atoms with Crippen LogP contribution >= 0.6 is 23.2 Å². The lowest BCUT2D eigenvalue weighted by Crippen LogP contribution is -2.12. The lowest BCUT2D eigenvalue weighted by Gasteiger charge is -2.08. The van der Waals surface area contributed by atoms with Gasteiger partial charge >= 0.3 is 0 Å². The Balaban J connectivity index is 2.19. The number of hydrogen-bond donors (Lipinski definition) is 1. The zero-order chi connectivity index (χ0) is 16.2. The highest BCUT2D eigenvalue weighted by molar-refractivity contribution is 7.92. The summed E-state index contributed by atoms with van der Waals surface area (Å²) in [7, 11) is -3.68. The Bertz CT molecular complexity index is 798. The van der Waals surface area contributed by atoms with E-state index in [0.29, 0.717) is 16.3 Å². The van der Waals surface area contributed by atoms with E-state index < -0.39 is 15.3 Å². The Morgan fingerprint density at radius 3 is 2.14 bits per heavy atom. The molecule has 0 aromatic heterocycles. The average molecular weight is 356 g/mol. The van der Waals surface area contributed by atoms with Gasteiger partial charge in [-0.1, -0.05) is 29.8 Å². The van der Waals surface area contributed by atoms with Gasteiger partial charge in [-0.2, -0.15) is 0 Å². The Hall–Kier alpha value is -1.82. The number of benzene rings is 2. The first-order valence-electron chi connectivity index (χ1n) is 6.13. The lowest BCUT2D eigenvalue weighted by molar-refractivity contribution is -0.107. The molecule has 0 spiro atoms. The second kappa shape index (κ2) is 6.96. The van der Waals surface area contributed by atoms with E-state index in [1.54, 1.807) is 36.4 Å². The Morgan fingerprint density at radius 1 is 1.00 bits per heavy atom. The number of rotatable bonds is 5. The molecule has 2 aromatic rings. The fraction of sp³-hybridized carbons (Fsp3) is 0. The SMILES string of the molecule is O=C(Cl)/C=C/c1ccc(S(=O)(=O)Nc2ccc(Cl)cc2)cc1. The average Bonchev–Trinajstić information content (AvgIpc) is 2.48. The number of halogens is 2. The summed E-state index contributed by atoms with van der Waals surface area (Å²) >= 11 is 10.9. The molecule has 2 rings (SSSR count). The Morgan fingerprint density at radius 2 is 1.59 bits per heavy atom. The van der Waals surface area contributed by atoms with Crippen molar-refractivity contribution in [3.8, 4) is 0 Å². The zero-order valence-electron chi connectivity index (χ0n) is 11.2. The third kappa shape index (κ3) is 4.59. The van der Waals surface area contributed by atoms with Gasteiger partial charge in [0.1, 0.15) is 0 Å². The van der Waals surface area contributed by atoms with Gasteiger partial charge in [0.25, 0.3) is 10.0 Å². The molecule has 0 amide bonds. The molecule has 0 atom stereocenters. The Kier molecular flexibility index (Phi) is 5.24. The molecule has 0 aliphatic heterocycles. The van der Waals surface area contributed by atoms with Crippen LogP contribution in [0.25, 0.3) is 6.08 Å². The van der Waals surface area contributed by atoms with E-state index >= 15 is 0 Å². The molecule has 0 radical (unpaired) electrons. The van der Waals surface area contributed by atoms with Crippen LogP contribution in [0.5, 0.6) is 0 Å². The van der Waals surface area contributed by atoms with Crippen LogP contribution in [0.2, 0.25) is 5.02 Å². The maximum absolute atomic E-state index is 12.2. The monoisotopic (exact) mass is 355 g/mol. The third-order valence-electron chi connectivity index (χ3n) is 2.69. The van der Waals surface area contributed by atoms with Crippen LogP contribution in [-0.2, 0) is 14.8 Å². The van der Waals surface area contributed by atoms with E-state index in [1.807, 2.05) is 0 Å². The highest BCUT2D eigenvalue weighted by Crippen LogP contribution is 2.19. The van der Waals surface area contributed by atoms with Gasteiger partial charge in [0.05, 0.1) is 4.90 Å². The predicted octanol–water partition coefficient (Wildman–Crippen LogP) is 3.92. The summed E-state index contributed by atoms with van der Waals surface area (Å²) in [5, 5.41) is -0.0750. The molecular weight excluding hydrogens is 345 g/mol. The molecule has 2 aromatic carbocycles. The standard InChI is InChI=1S/C15H11Cl2NO3S/c16-12-4-6-13(7-5-12)18-22(20,21)14-8-1-11(2-9-14)3-10-15(17)19/h1-10,18H/b10-3+. The highest BCUT2D eigenvalue weighted by Gasteiger charge is 2.13. The fourth-order valence-corrected chi connectivity index (χ4v) is 2.90. The van der Waals surface area contributed by atoms with Crippen molar-refractivity contribution in [2.75, 3.05) is 4.72 Å². The van der Waals surface area contributed by atoms with Gasteiger partial charge in [0.2, 0.25) is 5.24 Å². The summed E-state index contributed by atoms with van der Waals surface area (Å²) in [4.78, 5) is 10.7. The van der Waals surface area contributed by atoms with Crippen molar-refractivity contribution >= 4 is 50.2 Å². The van der Waals surface area contributed by atoms with Crippen molar-refractivity contribution in [3.63, 3.8) is 0 Å². The van der Waals surface area contributed by atoms with Crippen LogP contribution in [0.4, 0.5) is 5.69 Å². The lowest BCUT2D eigenvalue weighted by atomic mass is 10.2. The number of nitrogens with one attached hydrogen (secondary N) is 1. The minimum absolute atomic E-state index is 0.108. The molecule has 0 heterocycles.